The van der Waals surface area contributed by atoms with Gasteiger partial charge in [0.1, 0.15) is 5.54 Å². The van der Waals surface area contributed by atoms with Crippen molar-refractivity contribution in [2.24, 2.45) is 0 Å². The van der Waals surface area contributed by atoms with Crippen molar-refractivity contribution in [1.82, 2.24) is 10.2 Å². The number of carboxylic acid groups (broad SMARTS) is 1. The molecule has 5 heteroatoms. The quantitative estimate of drug-likeness (QED) is 0.711. The first-order valence-corrected chi connectivity index (χ1v) is 4.56. The van der Waals surface area contributed by atoms with Gasteiger partial charge in [0.25, 0.3) is 0 Å². The van der Waals surface area contributed by atoms with Crippen LogP contribution in [0.4, 0.5) is 4.79 Å². The highest BCUT2D eigenvalue weighted by Crippen LogP contribution is 2.12. The Hall–Kier alpha value is -1.26. The van der Waals surface area contributed by atoms with Crippen LogP contribution in [0.5, 0.6) is 0 Å². The molecule has 0 aromatic carbocycles. The standard InChI is InChI=1S/C9H18N2O3/c1-5-6-9(2,7(12)13)10-8(14)11(3)4/h5-6H2,1-4H3,(H,10,14)(H,12,13). The smallest absolute Gasteiger partial charge is 0.329 e. The van der Waals surface area contributed by atoms with E-state index in [4.69, 9.17) is 5.11 Å². The predicted molar refractivity (Wildman–Crippen MR) is 53.2 cm³/mol. The van der Waals surface area contributed by atoms with E-state index in [1.165, 1.54) is 11.8 Å². The highest BCUT2D eigenvalue weighted by atomic mass is 16.4. The lowest BCUT2D eigenvalue weighted by molar-refractivity contribution is -0.144. The van der Waals surface area contributed by atoms with Crippen LogP contribution < -0.4 is 5.32 Å². The van der Waals surface area contributed by atoms with Crippen LogP contribution in [0.25, 0.3) is 0 Å². The molecule has 0 fully saturated rings. The zero-order valence-electron chi connectivity index (χ0n) is 9.13. The summed E-state index contributed by atoms with van der Waals surface area (Å²) >= 11 is 0. The second kappa shape index (κ2) is 4.83. The van der Waals surface area contributed by atoms with Gasteiger partial charge >= 0.3 is 12.0 Å². The molecule has 0 aliphatic heterocycles. The van der Waals surface area contributed by atoms with E-state index in [-0.39, 0.29) is 6.03 Å². The van der Waals surface area contributed by atoms with E-state index in [1.807, 2.05) is 6.92 Å². The van der Waals surface area contributed by atoms with Gasteiger partial charge in [-0.05, 0) is 13.3 Å². The number of carbonyl (C=O) groups excluding carboxylic acids is 1. The lowest BCUT2D eigenvalue weighted by atomic mass is 9.97. The van der Waals surface area contributed by atoms with E-state index in [9.17, 15) is 9.59 Å². The summed E-state index contributed by atoms with van der Waals surface area (Å²) in [6.07, 6.45) is 1.12. The molecule has 0 saturated heterocycles. The maximum Gasteiger partial charge on any atom is 0.329 e. The number of amides is 2. The van der Waals surface area contributed by atoms with Crippen molar-refractivity contribution >= 4 is 12.0 Å². The lowest BCUT2D eigenvalue weighted by Crippen LogP contribution is -2.54. The highest BCUT2D eigenvalue weighted by Gasteiger charge is 2.34. The Balaban J connectivity index is 4.52. The Kier molecular flexibility index (Phi) is 4.40. The van der Waals surface area contributed by atoms with Crippen LogP contribution in [-0.2, 0) is 4.79 Å². The van der Waals surface area contributed by atoms with E-state index in [2.05, 4.69) is 5.32 Å². The van der Waals surface area contributed by atoms with Gasteiger partial charge in [-0.15, -0.1) is 0 Å². The number of nitrogens with zero attached hydrogens (tertiary/aromatic N) is 1. The predicted octanol–water partition coefficient (Wildman–Crippen LogP) is 0.901. The van der Waals surface area contributed by atoms with Crippen molar-refractivity contribution in [3.05, 3.63) is 0 Å². The fourth-order valence-electron chi connectivity index (χ4n) is 1.07. The molecule has 0 radical (unpaired) electrons. The summed E-state index contributed by atoms with van der Waals surface area (Å²) in [6, 6.07) is -0.386. The third-order valence-electron chi connectivity index (χ3n) is 2.01. The summed E-state index contributed by atoms with van der Waals surface area (Å²) < 4.78 is 0. The summed E-state index contributed by atoms with van der Waals surface area (Å²) in [5, 5.41) is 11.4. The maximum absolute atomic E-state index is 11.3. The van der Waals surface area contributed by atoms with Crippen LogP contribution in [0.1, 0.15) is 26.7 Å². The van der Waals surface area contributed by atoms with Gasteiger partial charge in [0.2, 0.25) is 0 Å². The van der Waals surface area contributed by atoms with Gasteiger partial charge in [-0.3, -0.25) is 0 Å². The number of hydrogen-bond acceptors (Lipinski definition) is 2. The Morgan fingerprint density at radius 1 is 1.43 bits per heavy atom. The second-order valence-corrected chi connectivity index (χ2v) is 3.71. The zero-order chi connectivity index (χ0) is 11.4. The van der Waals surface area contributed by atoms with Crippen LogP contribution in [0.2, 0.25) is 0 Å². The number of aliphatic carboxylic acids is 1. The van der Waals surface area contributed by atoms with Gasteiger partial charge in [0, 0.05) is 14.1 Å². The summed E-state index contributed by atoms with van der Waals surface area (Å²) in [5.41, 5.74) is -1.17. The Morgan fingerprint density at radius 3 is 2.21 bits per heavy atom. The number of nitrogens with one attached hydrogen (secondary N) is 1. The van der Waals surface area contributed by atoms with E-state index in [1.54, 1.807) is 14.1 Å². The monoisotopic (exact) mass is 202 g/mol. The molecule has 0 heterocycles. The fraction of sp³-hybridized carbons (Fsp3) is 0.778. The number of carboxylic acids is 1. The molecule has 0 aromatic heterocycles. The Morgan fingerprint density at radius 2 is 1.93 bits per heavy atom. The third kappa shape index (κ3) is 3.24. The number of hydrogen-bond donors (Lipinski definition) is 2. The minimum Gasteiger partial charge on any atom is -0.480 e. The van der Waals surface area contributed by atoms with E-state index in [0.29, 0.717) is 12.8 Å². The maximum atomic E-state index is 11.3. The molecule has 1 atom stereocenters. The fourth-order valence-corrected chi connectivity index (χ4v) is 1.07. The molecule has 0 aliphatic rings. The van der Waals surface area contributed by atoms with Gasteiger partial charge in [0.15, 0.2) is 0 Å². The first-order valence-electron chi connectivity index (χ1n) is 4.56. The van der Waals surface area contributed by atoms with Crippen LogP contribution in [0, 0.1) is 0 Å². The van der Waals surface area contributed by atoms with Gasteiger partial charge in [-0.2, -0.15) is 0 Å². The molecule has 0 aromatic rings. The minimum atomic E-state index is -1.17. The SMILES string of the molecule is CCCC(C)(NC(=O)N(C)C)C(=O)O. The molecule has 5 nitrogen and oxygen atoms in total. The molecule has 82 valence electrons. The topological polar surface area (TPSA) is 69.6 Å². The average Bonchev–Trinajstić information content (AvgIpc) is 2.03. The van der Waals surface area contributed by atoms with Crippen LogP contribution in [0.3, 0.4) is 0 Å². The molecule has 0 aliphatic carbocycles. The molecule has 14 heavy (non-hydrogen) atoms. The largest absolute Gasteiger partial charge is 0.480 e. The zero-order valence-corrected chi connectivity index (χ0v) is 9.13. The molecule has 1 unspecified atom stereocenters. The van der Waals surface area contributed by atoms with E-state index in [0.717, 1.165) is 0 Å². The van der Waals surface area contributed by atoms with Gasteiger partial charge in [-0.1, -0.05) is 13.3 Å². The highest BCUT2D eigenvalue weighted by molar-refractivity contribution is 5.85. The molecular formula is C9H18N2O3. The van der Waals surface area contributed by atoms with Crippen molar-refractivity contribution < 1.29 is 14.7 Å². The summed E-state index contributed by atoms with van der Waals surface area (Å²) in [5.74, 6) is -1.01. The molecule has 0 rings (SSSR count). The van der Waals surface area contributed by atoms with Gasteiger partial charge in [0.05, 0.1) is 0 Å². The van der Waals surface area contributed by atoms with Crippen molar-refractivity contribution in [3.8, 4) is 0 Å². The Bertz CT molecular complexity index is 228. The van der Waals surface area contributed by atoms with Crippen LogP contribution >= 0.6 is 0 Å². The second-order valence-electron chi connectivity index (χ2n) is 3.71. The molecule has 0 saturated carbocycles. The summed E-state index contributed by atoms with van der Waals surface area (Å²) in [4.78, 5) is 23.5. The lowest BCUT2D eigenvalue weighted by Gasteiger charge is -2.27. The van der Waals surface area contributed by atoms with Crippen molar-refractivity contribution in [2.75, 3.05) is 14.1 Å². The van der Waals surface area contributed by atoms with Crippen LogP contribution in [0.15, 0.2) is 0 Å². The molecule has 0 bridgehead atoms. The number of rotatable bonds is 4. The van der Waals surface area contributed by atoms with Crippen molar-refractivity contribution in [3.63, 3.8) is 0 Å². The Labute approximate surface area is 84.1 Å². The number of carbonyl (C=O) groups is 2. The average molecular weight is 202 g/mol. The molecule has 2 amide bonds. The van der Waals surface area contributed by atoms with E-state index >= 15 is 0 Å². The third-order valence-corrected chi connectivity index (χ3v) is 2.01. The minimum absolute atomic E-state index is 0.386. The summed E-state index contributed by atoms with van der Waals surface area (Å²) in [7, 11) is 3.15. The van der Waals surface area contributed by atoms with Gasteiger partial charge in [-0.25, -0.2) is 9.59 Å². The molecule has 0 spiro atoms. The van der Waals surface area contributed by atoms with Gasteiger partial charge < -0.3 is 15.3 Å². The summed E-state index contributed by atoms with van der Waals surface area (Å²) in [6.45, 7) is 3.39. The van der Waals surface area contributed by atoms with Crippen molar-refractivity contribution in [2.45, 2.75) is 32.2 Å². The first kappa shape index (κ1) is 12.7. The molecular weight excluding hydrogens is 184 g/mol. The van der Waals surface area contributed by atoms with E-state index < -0.39 is 11.5 Å². The van der Waals surface area contributed by atoms with Crippen molar-refractivity contribution in [1.29, 1.82) is 0 Å². The number of urea groups is 1. The van der Waals surface area contributed by atoms with Crippen LogP contribution in [-0.4, -0.2) is 41.6 Å². The normalized spacial score (nSPS) is 14.3. The first-order chi connectivity index (χ1) is 6.33. The molecule has 2 N–H and O–H groups in total.